The van der Waals surface area contributed by atoms with Crippen LogP contribution in [0.2, 0.25) is 0 Å². The third kappa shape index (κ3) is 5.38. The third-order valence-electron chi connectivity index (χ3n) is 2.49. The zero-order valence-corrected chi connectivity index (χ0v) is 11.5. The monoisotopic (exact) mass is 265 g/mol. The van der Waals surface area contributed by atoms with E-state index in [0.29, 0.717) is 6.42 Å². The molecule has 1 aromatic rings. The highest BCUT2D eigenvalue weighted by molar-refractivity contribution is 7.98. The molecule has 0 aliphatic heterocycles. The Labute approximate surface area is 112 Å². The van der Waals surface area contributed by atoms with Crippen molar-refractivity contribution in [3.63, 3.8) is 0 Å². The first-order valence-electron chi connectivity index (χ1n) is 5.89. The highest BCUT2D eigenvalue weighted by Crippen LogP contribution is 2.15. The second-order valence-corrected chi connectivity index (χ2v) is 4.91. The molecule has 2 N–H and O–H groups in total. The summed E-state index contributed by atoms with van der Waals surface area (Å²) in [5.41, 5.74) is 0.998. The maximum Gasteiger partial charge on any atom is 0.244 e. The van der Waals surface area contributed by atoms with Gasteiger partial charge < -0.3 is 10.4 Å². The normalized spacial score (nSPS) is 12.6. The molecule has 0 radical (unpaired) electrons. The van der Waals surface area contributed by atoms with Crippen LogP contribution in [-0.2, 0) is 4.79 Å². The summed E-state index contributed by atoms with van der Waals surface area (Å²) < 4.78 is 0. The van der Waals surface area contributed by atoms with Gasteiger partial charge in [0.2, 0.25) is 5.91 Å². The Morgan fingerprint density at radius 2 is 2.11 bits per heavy atom. The quantitative estimate of drug-likeness (QED) is 0.613. The fourth-order valence-corrected chi connectivity index (χ4v) is 1.85. The van der Waals surface area contributed by atoms with Crippen molar-refractivity contribution in [3.05, 3.63) is 35.9 Å². The first kappa shape index (κ1) is 14.8. The van der Waals surface area contributed by atoms with Crippen molar-refractivity contribution in [1.82, 2.24) is 5.32 Å². The molecule has 0 saturated heterocycles. The van der Waals surface area contributed by atoms with Crippen molar-refractivity contribution in [3.8, 4) is 0 Å². The van der Waals surface area contributed by atoms with Gasteiger partial charge in [-0.25, -0.2) is 0 Å². The van der Waals surface area contributed by atoms with Gasteiger partial charge in [0, 0.05) is 23.6 Å². The summed E-state index contributed by atoms with van der Waals surface area (Å²) in [5.74, 6) is -0.134. The Kier molecular flexibility index (Phi) is 6.54. The molecule has 0 spiro atoms. The van der Waals surface area contributed by atoms with Crippen molar-refractivity contribution in [2.45, 2.75) is 24.3 Å². The van der Waals surface area contributed by atoms with Crippen molar-refractivity contribution in [2.75, 3.05) is 12.9 Å². The van der Waals surface area contributed by atoms with Crippen LogP contribution in [0.15, 0.2) is 35.2 Å². The van der Waals surface area contributed by atoms with Gasteiger partial charge >= 0.3 is 0 Å². The molecule has 0 aliphatic carbocycles. The Balaban J connectivity index is 2.49. The average Bonchev–Trinajstić information content (AvgIpc) is 2.37. The van der Waals surface area contributed by atoms with Crippen LogP contribution in [0.5, 0.6) is 0 Å². The summed E-state index contributed by atoms with van der Waals surface area (Å²) >= 11 is 1.69. The molecule has 0 heterocycles. The van der Waals surface area contributed by atoms with Crippen molar-refractivity contribution in [1.29, 1.82) is 0 Å². The summed E-state index contributed by atoms with van der Waals surface area (Å²) in [6.07, 6.45) is 5.90. The van der Waals surface area contributed by atoms with Crippen LogP contribution in [0, 0.1) is 0 Å². The van der Waals surface area contributed by atoms with E-state index in [1.54, 1.807) is 17.8 Å². The third-order valence-corrected chi connectivity index (χ3v) is 3.24. The Bertz CT molecular complexity index is 401. The molecule has 98 valence electrons. The summed E-state index contributed by atoms with van der Waals surface area (Å²) in [5, 5.41) is 11.5. The molecule has 0 fully saturated rings. The average molecular weight is 265 g/mol. The topological polar surface area (TPSA) is 49.3 Å². The number of rotatable bonds is 6. The van der Waals surface area contributed by atoms with Gasteiger partial charge in [0.25, 0.3) is 0 Å². The zero-order chi connectivity index (χ0) is 13.4. The standard InChI is InChI=1S/C14H19NO2S/c1-11(9-10-16)15-14(17)8-5-12-3-6-13(18-2)7-4-12/h3-8,11,16H,9-10H2,1-2H3,(H,15,17)/b8-5+. The van der Waals surface area contributed by atoms with Crippen LogP contribution in [0.1, 0.15) is 18.9 Å². The predicted molar refractivity (Wildman–Crippen MR) is 76.6 cm³/mol. The van der Waals surface area contributed by atoms with E-state index in [4.69, 9.17) is 5.11 Å². The lowest BCUT2D eigenvalue weighted by molar-refractivity contribution is -0.117. The van der Waals surface area contributed by atoms with Gasteiger partial charge in [0.1, 0.15) is 0 Å². The highest BCUT2D eigenvalue weighted by Gasteiger charge is 2.02. The SMILES string of the molecule is CSc1ccc(/C=C/C(=O)NC(C)CCO)cc1. The van der Waals surface area contributed by atoms with E-state index in [0.717, 1.165) is 5.56 Å². The fraction of sp³-hybridized carbons (Fsp3) is 0.357. The minimum Gasteiger partial charge on any atom is -0.396 e. The molecule has 1 rings (SSSR count). The molecule has 3 nitrogen and oxygen atoms in total. The van der Waals surface area contributed by atoms with Gasteiger partial charge in [-0.1, -0.05) is 12.1 Å². The number of carbonyl (C=O) groups is 1. The smallest absolute Gasteiger partial charge is 0.244 e. The second kappa shape index (κ2) is 7.95. The minimum absolute atomic E-state index is 0.00832. The van der Waals surface area contributed by atoms with E-state index in [9.17, 15) is 4.79 Å². The van der Waals surface area contributed by atoms with Gasteiger partial charge in [-0.05, 0) is 43.4 Å². The molecular formula is C14H19NO2S. The van der Waals surface area contributed by atoms with Crippen molar-refractivity contribution in [2.24, 2.45) is 0 Å². The number of amides is 1. The molecular weight excluding hydrogens is 246 g/mol. The van der Waals surface area contributed by atoms with Gasteiger partial charge in [0.15, 0.2) is 0 Å². The number of aliphatic hydroxyl groups excluding tert-OH is 1. The van der Waals surface area contributed by atoms with E-state index in [2.05, 4.69) is 5.32 Å². The molecule has 0 saturated carbocycles. The van der Waals surface area contributed by atoms with Crippen LogP contribution >= 0.6 is 11.8 Å². The maximum atomic E-state index is 11.5. The highest BCUT2D eigenvalue weighted by atomic mass is 32.2. The maximum absolute atomic E-state index is 11.5. The number of thioether (sulfide) groups is 1. The van der Waals surface area contributed by atoms with Gasteiger partial charge in [0.05, 0.1) is 0 Å². The summed E-state index contributed by atoms with van der Waals surface area (Å²) in [6, 6.07) is 8.00. The molecule has 18 heavy (non-hydrogen) atoms. The Morgan fingerprint density at radius 1 is 1.44 bits per heavy atom. The molecule has 0 aromatic heterocycles. The van der Waals surface area contributed by atoms with Crippen LogP contribution in [0.4, 0.5) is 0 Å². The largest absolute Gasteiger partial charge is 0.396 e. The number of nitrogens with one attached hydrogen (secondary N) is 1. The first-order valence-corrected chi connectivity index (χ1v) is 7.11. The van der Waals surface area contributed by atoms with Crippen LogP contribution < -0.4 is 5.32 Å². The zero-order valence-electron chi connectivity index (χ0n) is 10.7. The summed E-state index contributed by atoms with van der Waals surface area (Å²) in [6.45, 7) is 1.95. The van der Waals surface area contributed by atoms with E-state index in [-0.39, 0.29) is 18.6 Å². The summed E-state index contributed by atoms with van der Waals surface area (Å²) in [7, 11) is 0. The summed E-state index contributed by atoms with van der Waals surface area (Å²) in [4.78, 5) is 12.7. The molecule has 1 unspecified atom stereocenters. The number of aliphatic hydroxyl groups is 1. The van der Waals surface area contributed by atoms with Crippen molar-refractivity contribution < 1.29 is 9.90 Å². The fourth-order valence-electron chi connectivity index (χ4n) is 1.44. The number of hydrogen-bond donors (Lipinski definition) is 2. The first-order chi connectivity index (χ1) is 8.65. The molecule has 1 atom stereocenters. The van der Waals surface area contributed by atoms with Crippen molar-refractivity contribution >= 4 is 23.7 Å². The van der Waals surface area contributed by atoms with Gasteiger partial charge in [-0.2, -0.15) is 0 Å². The predicted octanol–water partition coefficient (Wildman–Crippen LogP) is 2.31. The molecule has 4 heteroatoms. The van der Waals surface area contributed by atoms with Gasteiger partial charge in [-0.15, -0.1) is 11.8 Å². The van der Waals surface area contributed by atoms with Crippen LogP contribution in [-0.4, -0.2) is 29.9 Å². The number of carbonyl (C=O) groups excluding carboxylic acids is 1. The van der Waals surface area contributed by atoms with E-state index in [1.807, 2.05) is 37.4 Å². The van der Waals surface area contributed by atoms with E-state index < -0.39 is 0 Å². The lowest BCUT2D eigenvalue weighted by Crippen LogP contribution is -2.31. The van der Waals surface area contributed by atoms with Crippen LogP contribution in [0.3, 0.4) is 0 Å². The molecule has 1 amide bonds. The minimum atomic E-state index is -0.134. The molecule has 0 aliphatic rings. The lowest BCUT2D eigenvalue weighted by atomic mass is 10.2. The Hall–Kier alpha value is -1.26. The Morgan fingerprint density at radius 3 is 2.67 bits per heavy atom. The second-order valence-electron chi connectivity index (χ2n) is 4.03. The molecule has 0 bridgehead atoms. The number of hydrogen-bond acceptors (Lipinski definition) is 3. The van der Waals surface area contributed by atoms with E-state index >= 15 is 0 Å². The van der Waals surface area contributed by atoms with E-state index in [1.165, 1.54) is 11.0 Å². The van der Waals surface area contributed by atoms with Gasteiger partial charge in [-0.3, -0.25) is 4.79 Å². The molecule has 1 aromatic carbocycles. The van der Waals surface area contributed by atoms with Crippen LogP contribution in [0.25, 0.3) is 6.08 Å². The lowest BCUT2D eigenvalue weighted by Gasteiger charge is -2.09. The number of benzene rings is 1.